The Hall–Kier alpha value is -2.13. The second-order valence-electron chi connectivity index (χ2n) is 9.86. The topological polar surface area (TPSA) is 23.6 Å². The molecule has 1 fully saturated rings. The molecule has 1 saturated heterocycles. The molecule has 2 aliphatic rings. The number of amides is 1. The molecule has 0 aromatic heterocycles. The van der Waals surface area contributed by atoms with E-state index in [9.17, 15) is 4.79 Å². The Labute approximate surface area is 175 Å². The number of fused-ring (bicyclic) bond motifs is 5. The van der Waals surface area contributed by atoms with Gasteiger partial charge in [0.05, 0.1) is 5.54 Å². The Morgan fingerprint density at radius 1 is 0.897 bits per heavy atom. The maximum atomic E-state index is 12.1. The molecule has 154 valence electrons. The number of rotatable bonds is 3. The first-order chi connectivity index (χ1) is 13.6. The van der Waals surface area contributed by atoms with Crippen LogP contribution in [0.3, 0.4) is 0 Å². The summed E-state index contributed by atoms with van der Waals surface area (Å²) in [5.41, 5.74) is 5.56. The molecule has 0 radical (unpaired) electrons. The van der Waals surface area contributed by atoms with Crippen molar-refractivity contribution in [3.8, 4) is 11.1 Å². The van der Waals surface area contributed by atoms with Crippen molar-refractivity contribution in [2.45, 2.75) is 64.0 Å². The van der Waals surface area contributed by atoms with Crippen molar-refractivity contribution in [1.29, 1.82) is 0 Å². The summed E-state index contributed by atoms with van der Waals surface area (Å²) in [5, 5.41) is 0. The third-order valence-corrected chi connectivity index (χ3v) is 8.39. The fourth-order valence-corrected chi connectivity index (χ4v) is 5.59. The van der Waals surface area contributed by atoms with Crippen LogP contribution in [0.5, 0.6) is 0 Å². The molecule has 1 amide bonds. The van der Waals surface area contributed by atoms with E-state index in [1.807, 2.05) is 11.9 Å². The lowest BCUT2D eigenvalue weighted by Crippen LogP contribution is -2.67. The van der Waals surface area contributed by atoms with Gasteiger partial charge in [0.1, 0.15) is 0 Å². The molecule has 1 spiro atoms. The summed E-state index contributed by atoms with van der Waals surface area (Å²) in [7, 11) is 1.93. The van der Waals surface area contributed by atoms with Crippen molar-refractivity contribution in [2.75, 3.05) is 20.1 Å². The molecule has 2 aromatic rings. The number of hydrogen-bond acceptors (Lipinski definition) is 2. The zero-order valence-corrected chi connectivity index (χ0v) is 18.7. The van der Waals surface area contributed by atoms with E-state index in [2.05, 4.69) is 81.1 Å². The van der Waals surface area contributed by atoms with Crippen LogP contribution in [0, 0.1) is 0 Å². The fourth-order valence-electron chi connectivity index (χ4n) is 5.59. The maximum Gasteiger partial charge on any atom is 0.219 e. The molecular weight excluding hydrogens is 356 g/mol. The van der Waals surface area contributed by atoms with E-state index in [1.165, 1.54) is 22.3 Å². The first-order valence-electron chi connectivity index (χ1n) is 10.8. The Bertz CT molecular complexity index is 888. The van der Waals surface area contributed by atoms with Gasteiger partial charge in [0.2, 0.25) is 5.91 Å². The molecule has 1 aliphatic carbocycles. The largest absolute Gasteiger partial charge is 0.339 e. The fraction of sp³-hybridized carbons (Fsp3) is 0.500. The smallest absolute Gasteiger partial charge is 0.219 e. The van der Waals surface area contributed by atoms with Gasteiger partial charge in [0.15, 0.2) is 0 Å². The quantitative estimate of drug-likeness (QED) is 0.729. The Balaban J connectivity index is 1.66. The lowest BCUT2D eigenvalue weighted by molar-refractivity contribution is -0.138. The van der Waals surface area contributed by atoms with Crippen LogP contribution in [0.15, 0.2) is 48.5 Å². The van der Waals surface area contributed by atoms with Crippen molar-refractivity contribution in [2.24, 2.45) is 0 Å². The van der Waals surface area contributed by atoms with Crippen LogP contribution in [0.25, 0.3) is 11.1 Å². The van der Waals surface area contributed by atoms with Crippen molar-refractivity contribution >= 4 is 5.91 Å². The SMILES string of the molecule is CC(=O)N(C)C(C)(C)C(C)(C)N1CCC2(CC1)c1ccccc1-c1ccccc12. The van der Waals surface area contributed by atoms with Crippen LogP contribution in [0.2, 0.25) is 0 Å². The molecule has 3 heteroatoms. The average molecular weight is 391 g/mol. The second-order valence-corrected chi connectivity index (χ2v) is 9.86. The van der Waals surface area contributed by atoms with Crippen LogP contribution < -0.4 is 0 Å². The monoisotopic (exact) mass is 390 g/mol. The van der Waals surface area contributed by atoms with E-state index in [-0.39, 0.29) is 22.4 Å². The van der Waals surface area contributed by atoms with Gasteiger partial charge in [-0.3, -0.25) is 9.69 Å². The summed E-state index contributed by atoms with van der Waals surface area (Å²) in [6, 6.07) is 17.9. The highest BCUT2D eigenvalue weighted by Crippen LogP contribution is 2.54. The van der Waals surface area contributed by atoms with E-state index in [1.54, 1.807) is 6.92 Å². The van der Waals surface area contributed by atoms with Gasteiger partial charge < -0.3 is 4.90 Å². The zero-order chi connectivity index (χ0) is 21.0. The number of carbonyl (C=O) groups excluding carboxylic acids is 1. The van der Waals surface area contributed by atoms with Crippen LogP contribution in [-0.4, -0.2) is 46.9 Å². The molecule has 0 saturated carbocycles. The van der Waals surface area contributed by atoms with E-state index < -0.39 is 0 Å². The number of hydrogen-bond donors (Lipinski definition) is 0. The molecule has 3 nitrogen and oxygen atoms in total. The summed E-state index contributed by atoms with van der Waals surface area (Å²) in [6.45, 7) is 12.7. The number of nitrogens with zero attached hydrogens (tertiary/aromatic N) is 2. The molecule has 0 bridgehead atoms. The number of piperidine rings is 1. The third kappa shape index (κ3) is 2.78. The van der Waals surface area contributed by atoms with Gasteiger partial charge in [-0.1, -0.05) is 48.5 Å². The molecule has 1 aliphatic heterocycles. The highest BCUT2D eigenvalue weighted by atomic mass is 16.2. The molecule has 0 unspecified atom stereocenters. The lowest BCUT2D eigenvalue weighted by Gasteiger charge is -2.56. The Morgan fingerprint density at radius 3 is 1.79 bits per heavy atom. The van der Waals surface area contributed by atoms with Crippen LogP contribution >= 0.6 is 0 Å². The second kappa shape index (κ2) is 6.70. The molecule has 2 aromatic carbocycles. The predicted molar refractivity (Wildman–Crippen MR) is 120 cm³/mol. The van der Waals surface area contributed by atoms with E-state index in [0.717, 1.165) is 25.9 Å². The van der Waals surface area contributed by atoms with Gasteiger partial charge in [0.25, 0.3) is 0 Å². The highest BCUT2D eigenvalue weighted by molar-refractivity contribution is 5.81. The summed E-state index contributed by atoms with van der Waals surface area (Å²) in [4.78, 5) is 16.6. The minimum atomic E-state index is -0.255. The van der Waals surface area contributed by atoms with Crippen molar-refractivity contribution in [3.05, 3.63) is 59.7 Å². The van der Waals surface area contributed by atoms with Gasteiger partial charge in [-0.05, 0) is 75.9 Å². The molecule has 0 N–H and O–H groups in total. The minimum Gasteiger partial charge on any atom is -0.339 e. The van der Waals surface area contributed by atoms with Crippen molar-refractivity contribution in [1.82, 2.24) is 9.80 Å². The lowest BCUT2D eigenvalue weighted by atomic mass is 9.69. The van der Waals surface area contributed by atoms with E-state index in [4.69, 9.17) is 0 Å². The van der Waals surface area contributed by atoms with Crippen molar-refractivity contribution < 1.29 is 4.79 Å². The third-order valence-electron chi connectivity index (χ3n) is 8.39. The van der Waals surface area contributed by atoms with Gasteiger partial charge in [-0.2, -0.15) is 0 Å². The standard InChI is InChI=1S/C26H34N2O/c1-19(29)27(6)24(2,3)25(4,5)28-17-15-26(16-18-28)22-13-9-7-11-20(22)21-12-8-10-14-23(21)26/h7-14H,15-18H2,1-6H3. The molecule has 29 heavy (non-hydrogen) atoms. The molecule has 4 rings (SSSR count). The van der Waals surface area contributed by atoms with Gasteiger partial charge in [0, 0.05) is 24.9 Å². The number of likely N-dealkylation sites (N-methyl/N-ethyl adjacent to an activating group) is 1. The average Bonchev–Trinajstić information content (AvgIpc) is 2.98. The van der Waals surface area contributed by atoms with Gasteiger partial charge in [-0.25, -0.2) is 0 Å². The van der Waals surface area contributed by atoms with Crippen LogP contribution in [-0.2, 0) is 10.2 Å². The minimum absolute atomic E-state index is 0.118. The summed E-state index contributed by atoms with van der Waals surface area (Å²) < 4.78 is 0. The zero-order valence-electron chi connectivity index (χ0n) is 18.7. The van der Waals surface area contributed by atoms with E-state index in [0.29, 0.717) is 0 Å². The Morgan fingerprint density at radius 2 is 1.34 bits per heavy atom. The van der Waals surface area contributed by atoms with Gasteiger partial charge >= 0.3 is 0 Å². The van der Waals surface area contributed by atoms with Crippen LogP contribution in [0.1, 0.15) is 58.6 Å². The molecule has 1 heterocycles. The maximum absolute atomic E-state index is 12.1. The summed E-state index contributed by atoms with van der Waals surface area (Å²) in [5.74, 6) is 0.121. The number of benzene rings is 2. The molecular formula is C26H34N2O. The highest BCUT2D eigenvalue weighted by Gasteiger charge is 2.50. The number of carbonyl (C=O) groups is 1. The van der Waals surface area contributed by atoms with Crippen molar-refractivity contribution in [3.63, 3.8) is 0 Å². The Kier molecular flexibility index (Phi) is 4.66. The predicted octanol–water partition coefficient (Wildman–Crippen LogP) is 5.08. The van der Waals surface area contributed by atoms with E-state index >= 15 is 0 Å². The normalized spacial score (nSPS) is 18.4. The first kappa shape index (κ1) is 20.2. The molecule has 0 atom stereocenters. The first-order valence-corrected chi connectivity index (χ1v) is 10.8. The summed E-state index contributed by atoms with van der Waals surface area (Å²) in [6.07, 6.45) is 2.23. The summed E-state index contributed by atoms with van der Waals surface area (Å²) >= 11 is 0. The van der Waals surface area contributed by atoms with Gasteiger partial charge in [-0.15, -0.1) is 0 Å². The van der Waals surface area contributed by atoms with Crippen LogP contribution in [0.4, 0.5) is 0 Å². The number of likely N-dealkylation sites (tertiary alicyclic amines) is 1.